The van der Waals surface area contributed by atoms with Gasteiger partial charge in [-0.1, -0.05) is 12.1 Å². The van der Waals surface area contributed by atoms with Gasteiger partial charge in [-0.25, -0.2) is 4.79 Å². The van der Waals surface area contributed by atoms with E-state index in [-0.39, 0.29) is 5.91 Å². The van der Waals surface area contributed by atoms with Crippen molar-refractivity contribution >= 4 is 23.6 Å². The Morgan fingerprint density at radius 3 is 2.89 bits per heavy atom. The van der Waals surface area contributed by atoms with Gasteiger partial charge in [0.15, 0.2) is 0 Å². The average Bonchev–Trinajstić information content (AvgIpc) is 2.91. The lowest BCUT2D eigenvalue weighted by Crippen LogP contribution is -2.10. The van der Waals surface area contributed by atoms with Crippen molar-refractivity contribution in [2.75, 3.05) is 5.32 Å². The molecule has 1 aromatic heterocycles. The number of rotatable bonds is 4. The van der Waals surface area contributed by atoms with E-state index in [9.17, 15) is 9.59 Å². The predicted molar refractivity (Wildman–Crippen MR) is 69.7 cm³/mol. The molecule has 6 heteroatoms. The standard InChI is InChI=1S/C13H11N3O3/c17-12(18)5-4-9-2-1-3-11(6-9)16-13(19)10-7-14-15-8-10/h1-8H,(H,14,15)(H,16,19)(H,17,18)/b5-4+. The maximum absolute atomic E-state index is 11.8. The maximum atomic E-state index is 11.8. The molecule has 0 unspecified atom stereocenters. The van der Waals surface area contributed by atoms with Gasteiger partial charge in [0.25, 0.3) is 5.91 Å². The van der Waals surface area contributed by atoms with Gasteiger partial charge in [0, 0.05) is 18.0 Å². The van der Waals surface area contributed by atoms with Gasteiger partial charge in [-0.15, -0.1) is 0 Å². The molecule has 0 spiro atoms. The highest BCUT2D eigenvalue weighted by molar-refractivity contribution is 6.04. The highest BCUT2D eigenvalue weighted by Crippen LogP contribution is 2.13. The second-order valence-electron chi connectivity index (χ2n) is 3.74. The quantitative estimate of drug-likeness (QED) is 0.727. The number of carboxylic acids is 1. The van der Waals surface area contributed by atoms with Crippen molar-refractivity contribution in [3.63, 3.8) is 0 Å². The molecule has 1 amide bonds. The molecule has 0 saturated heterocycles. The Balaban J connectivity index is 2.11. The molecule has 2 rings (SSSR count). The zero-order chi connectivity index (χ0) is 13.7. The molecule has 0 atom stereocenters. The third-order valence-electron chi connectivity index (χ3n) is 2.32. The third-order valence-corrected chi connectivity index (χ3v) is 2.32. The number of aliphatic carboxylic acids is 1. The second-order valence-corrected chi connectivity index (χ2v) is 3.74. The average molecular weight is 257 g/mol. The van der Waals surface area contributed by atoms with Crippen LogP contribution in [0.15, 0.2) is 42.7 Å². The first-order valence-corrected chi connectivity index (χ1v) is 5.46. The van der Waals surface area contributed by atoms with E-state index in [1.165, 1.54) is 18.5 Å². The molecule has 0 aliphatic carbocycles. The number of nitrogens with zero attached hydrogens (tertiary/aromatic N) is 1. The summed E-state index contributed by atoms with van der Waals surface area (Å²) >= 11 is 0. The Morgan fingerprint density at radius 2 is 2.21 bits per heavy atom. The summed E-state index contributed by atoms with van der Waals surface area (Å²) in [5.74, 6) is -1.30. The lowest BCUT2D eigenvalue weighted by molar-refractivity contribution is -0.131. The molecule has 0 radical (unpaired) electrons. The Hall–Kier alpha value is -2.89. The highest BCUT2D eigenvalue weighted by Gasteiger charge is 2.06. The lowest BCUT2D eigenvalue weighted by Gasteiger charge is -2.04. The van der Waals surface area contributed by atoms with Gasteiger partial charge in [-0.05, 0) is 23.8 Å². The van der Waals surface area contributed by atoms with Crippen molar-refractivity contribution in [2.45, 2.75) is 0 Å². The van der Waals surface area contributed by atoms with Crippen molar-refractivity contribution in [1.29, 1.82) is 0 Å². The fourth-order valence-corrected chi connectivity index (χ4v) is 1.47. The molecular formula is C13H11N3O3. The van der Waals surface area contributed by atoms with Gasteiger partial charge < -0.3 is 10.4 Å². The van der Waals surface area contributed by atoms with Crippen molar-refractivity contribution in [3.8, 4) is 0 Å². The first-order chi connectivity index (χ1) is 9.15. The SMILES string of the molecule is O=C(O)/C=C/c1cccc(NC(=O)c2cn[nH]c2)c1. The van der Waals surface area contributed by atoms with E-state index in [1.807, 2.05) is 0 Å². The van der Waals surface area contributed by atoms with Gasteiger partial charge in [0.2, 0.25) is 0 Å². The second kappa shape index (κ2) is 5.63. The zero-order valence-electron chi connectivity index (χ0n) is 9.83. The van der Waals surface area contributed by atoms with Crippen molar-refractivity contribution in [2.24, 2.45) is 0 Å². The number of anilines is 1. The molecule has 6 nitrogen and oxygen atoms in total. The number of hydrogen-bond donors (Lipinski definition) is 3. The van der Waals surface area contributed by atoms with Gasteiger partial charge in [0.1, 0.15) is 0 Å². The molecule has 0 aliphatic rings. The predicted octanol–water partition coefficient (Wildman–Crippen LogP) is 1.76. The number of carbonyl (C=O) groups excluding carboxylic acids is 1. The minimum absolute atomic E-state index is 0.284. The third kappa shape index (κ3) is 3.53. The summed E-state index contributed by atoms with van der Waals surface area (Å²) in [6.07, 6.45) is 5.40. The van der Waals surface area contributed by atoms with Crippen LogP contribution in [0.25, 0.3) is 6.08 Å². The summed E-state index contributed by atoms with van der Waals surface area (Å²) in [6, 6.07) is 6.87. The summed E-state index contributed by atoms with van der Waals surface area (Å²) in [5, 5.41) is 17.5. The summed E-state index contributed by atoms with van der Waals surface area (Å²) in [6.45, 7) is 0. The van der Waals surface area contributed by atoms with E-state index in [0.29, 0.717) is 16.8 Å². The van der Waals surface area contributed by atoms with Gasteiger partial charge in [-0.3, -0.25) is 9.89 Å². The molecule has 0 saturated carbocycles. The topological polar surface area (TPSA) is 95.1 Å². The maximum Gasteiger partial charge on any atom is 0.328 e. The Kier molecular flexibility index (Phi) is 3.72. The van der Waals surface area contributed by atoms with E-state index >= 15 is 0 Å². The molecule has 2 aromatic rings. The highest BCUT2D eigenvalue weighted by atomic mass is 16.4. The van der Waals surface area contributed by atoms with Crippen molar-refractivity contribution < 1.29 is 14.7 Å². The minimum atomic E-state index is -1.02. The normalized spacial score (nSPS) is 10.5. The first-order valence-electron chi connectivity index (χ1n) is 5.46. The van der Waals surface area contributed by atoms with Crippen molar-refractivity contribution in [3.05, 3.63) is 53.9 Å². The van der Waals surface area contributed by atoms with E-state index in [4.69, 9.17) is 5.11 Å². The van der Waals surface area contributed by atoms with E-state index in [2.05, 4.69) is 15.5 Å². The van der Waals surface area contributed by atoms with Crippen molar-refractivity contribution in [1.82, 2.24) is 10.2 Å². The van der Waals surface area contributed by atoms with E-state index < -0.39 is 5.97 Å². The van der Waals surface area contributed by atoms with Crippen LogP contribution in [-0.2, 0) is 4.79 Å². The van der Waals surface area contributed by atoms with E-state index in [1.54, 1.807) is 24.3 Å². The van der Waals surface area contributed by atoms with Crippen LogP contribution in [0.5, 0.6) is 0 Å². The van der Waals surface area contributed by atoms with Crippen LogP contribution in [0.3, 0.4) is 0 Å². The summed E-state index contributed by atoms with van der Waals surface area (Å²) < 4.78 is 0. The molecule has 1 heterocycles. The molecule has 0 aliphatic heterocycles. The van der Waals surface area contributed by atoms with Crippen LogP contribution in [-0.4, -0.2) is 27.2 Å². The Labute approximate surface area is 108 Å². The largest absolute Gasteiger partial charge is 0.478 e. The molecule has 3 N–H and O–H groups in total. The Morgan fingerprint density at radius 1 is 1.37 bits per heavy atom. The van der Waals surface area contributed by atoms with Gasteiger partial charge >= 0.3 is 5.97 Å². The smallest absolute Gasteiger partial charge is 0.328 e. The molecule has 0 fully saturated rings. The molecule has 96 valence electrons. The van der Waals surface area contributed by atoms with Crippen LogP contribution in [0.1, 0.15) is 15.9 Å². The molecule has 19 heavy (non-hydrogen) atoms. The number of nitrogens with one attached hydrogen (secondary N) is 2. The number of aromatic amines is 1. The van der Waals surface area contributed by atoms with Crippen LogP contribution in [0.4, 0.5) is 5.69 Å². The number of hydrogen-bond acceptors (Lipinski definition) is 3. The van der Waals surface area contributed by atoms with Gasteiger partial charge in [0.05, 0.1) is 11.8 Å². The molecule has 1 aromatic carbocycles. The lowest BCUT2D eigenvalue weighted by atomic mass is 10.2. The zero-order valence-corrected chi connectivity index (χ0v) is 9.83. The Bertz CT molecular complexity index is 618. The molecule has 0 bridgehead atoms. The minimum Gasteiger partial charge on any atom is -0.478 e. The van der Waals surface area contributed by atoms with E-state index in [0.717, 1.165) is 6.08 Å². The van der Waals surface area contributed by atoms with Gasteiger partial charge in [-0.2, -0.15) is 5.10 Å². The number of benzene rings is 1. The van der Waals surface area contributed by atoms with Crippen LogP contribution < -0.4 is 5.32 Å². The summed E-state index contributed by atoms with van der Waals surface area (Å²) in [4.78, 5) is 22.2. The van der Waals surface area contributed by atoms with Crippen LogP contribution >= 0.6 is 0 Å². The number of carbonyl (C=O) groups is 2. The fourth-order valence-electron chi connectivity index (χ4n) is 1.47. The fraction of sp³-hybridized carbons (Fsp3) is 0. The van der Waals surface area contributed by atoms with Crippen LogP contribution in [0.2, 0.25) is 0 Å². The van der Waals surface area contributed by atoms with Crippen LogP contribution in [0, 0.1) is 0 Å². The number of carboxylic acid groups (broad SMARTS) is 1. The monoisotopic (exact) mass is 257 g/mol. The number of amides is 1. The molecular weight excluding hydrogens is 246 g/mol. The first kappa shape index (κ1) is 12.6. The summed E-state index contributed by atoms with van der Waals surface area (Å²) in [5.41, 5.74) is 1.69. The number of H-pyrrole nitrogens is 1. The summed E-state index contributed by atoms with van der Waals surface area (Å²) in [7, 11) is 0. The number of aromatic nitrogens is 2.